The first kappa shape index (κ1) is 17.0. The van der Waals surface area contributed by atoms with Crippen molar-refractivity contribution in [1.82, 2.24) is 4.90 Å². The van der Waals surface area contributed by atoms with Gasteiger partial charge in [0.2, 0.25) is 5.78 Å². The van der Waals surface area contributed by atoms with Crippen LogP contribution in [-0.4, -0.2) is 23.5 Å². The lowest BCUT2D eigenvalue weighted by Gasteiger charge is -2.33. The second-order valence-electron chi connectivity index (χ2n) is 7.37. The molecule has 0 radical (unpaired) electrons. The highest BCUT2D eigenvalue weighted by Gasteiger charge is 2.35. The van der Waals surface area contributed by atoms with Crippen LogP contribution in [0.15, 0.2) is 46.6 Å². The molecule has 27 heavy (non-hydrogen) atoms. The van der Waals surface area contributed by atoms with Crippen molar-refractivity contribution >= 4 is 27.8 Å². The average molecular weight is 426 g/mol. The normalized spacial score (nSPS) is 21.1. The zero-order valence-corrected chi connectivity index (χ0v) is 16.5. The molecule has 2 aromatic rings. The van der Waals surface area contributed by atoms with Gasteiger partial charge >= 0.3 is 0 Å². The molecule has 1 fully saturated rings. The van der Waals surface area contributed by atoms with Gasteiger partial charge in [0.05, 0.1) is 11.1 Å². The highest BCUT2D eigenvalue weighted by molar-refractivity contribution is 9.10. The van der Waals surface area contributed by atoms with E-state index in [-0.39, 0.29) is 5.78 Å². The van der Waals surface area contributed by atoms with Gasteiger partial charge in [0, 0.05) is 17.1 Å². The number of ketones is 1. The third-order valence-electron chi connectivity index (χ3n) is 5.65. The Hall–Kier alpha value is -2.11. The Bertz CT molecular complexity index is 929. The van der Waals surface area contributed by atoms with Gasteiger partial charge in [0.15, 0.2) is 5.76 Å². The third kappa shape index (κ3) is 3.09. The molecule has 2 aromatic carbocycles. The molecule has 2 aliphatic heterocycles. The van der Waals surface area contributed by atoms with Crippen LogP contribution in [0.4, 0.5) is 0 Å². The number of fused-ring (bicyclic) bond motifs is 3. The fourth-order valence-electron chi connectivity index (χ4n) is 4.19. The largest absolute Gasteiger partial charge is 0.478 e. The van der Waals surface area contributed by atoms with E-state index >= 15 is 0 Å². The summed E-state index contributed by atoms with van der Waals surface area (Å²) in [5, 5.41) is 0. The molecule has 0 aromatic heterocycles. The summed E-state index contributed by atoms with van der Waals surface area (Å²) in [6.07, 6.45) is 6.83. The van der Waals surface area contributed by atoms with Gasteiger partial charge < -0.3 is 9.47 Å². The van der Waals surface area contributed by atoms with Crippen molar-refractivity contribution in [3.05, 3.63) is 63.3 Å². The van der Waals surface area contributed by atoms with Crippen molar-refractivity contribution in [3.63, 3.8) is 0 Å². The second-order valence-corrected chi connectivity index (χ2v) is 8.28. The lowest BCUT2D eigenvalue weighted by atomic mass is 10.0. The van der Waals surface area contributed by atoms with E-state index in [9.17, 15) is 4.79 Å². The summed E-state index contributed by atoms with van der Waals surface area (Å²) in [4.78, 5) is 15.2. The Morgan fingerprint density at radius 1 is 1.07 bits per heavy atom. The number of allylic oxidation sites excluding steroid dienone is 1. The molecule has 5 heteroatoms. The fraction of sp³-hybridized carbons (Fsp3) is 0.318. The topological polar surface area (TPSA) is 38.8 Å². The summed E-state index contributed by atoms with van der Waals surface area (Å²) in [5.41, 5.74) is 2.57. The molecule has 0 saturated heterocycles. The summed E-state index contributed by atoms with van der Waals surface area (Å²) < 4.78 is 13.0. The minimum Gasteiger partial charge on any atom is -0.478 e. The number of benzene rings is 2. The first-order valence-corrected chi connectivity index (χ1v) is 10.2. The molecule has 0 bridgehead atoms. The van der Waals surface area contributed by atoms with Gasteiger partial charge in [-0.2, -0.15) is 0 Å². The van der Waals surface area contributed by atoms with Crippen LogP contribution >= 0.6 is 15.9 Å². The first-order valence-electron chi connectivity index (χ1n) is 9.41. The number of ether oxygens (including phenoxy) is 2. The van der Waals surface area contributed by atoms with Crippen LogP contribution in [0.2, 0.25) is 0 Å². The molecular weight excluding hydrogens is 406 g/mol. The highest BCUT2D eigenvalue weighted by Crippen LogP contribution is 2.43. The maximum absolute atomic E-state index is 12.8. The number of Topliss-reactive ketones (excluding diaryl/α,β-unsaturated/α-hetero) is 1. The number of carbonyl (C=O) groups is 1. The van der Waals surface area contributed by atoms with Crippen molar-refractivity contribution in [2.75, 3.05) is 6.73 Å². The first-order chi connectivity index (χ1) is 13.2. The zero-order chi connectivity index (χ0) is 18.4. The van der Waals surface area contributed by atoms with E-state index < -0.39 is 0 Å². The van der Waals surface area contributed by atoms with Crippen molar-refractivity contribution in [3.8, 4) is 11.5 Å². The SMILES string of the molecule is O=C1/C(=C/c2ccc(Br)cc2)Oc2c1ccc1c2CN(C2CCCC2)CO1. The number of halogens is 1. The summed E-state index contributed by atoms with van der Waals surface area (Å²) in [6, 6.07) is 12.1. The van der Waals surface area contributed by atoms with Crippen LogP contribution in [0.5, 0.6) is 11.5 Å². The van der Waals surface area contributed by atoms with E-state index in [0.29, 0.717) is 29.8 Å². The molecule has 5 rings (SSSR count). The molecule has 3 aliphatic rings. The molecule has 1 aliphatic carbocycles. The Morgan fingerprint density at radius 3 is 2.63 bits per heavy atom. The van der Waals surface area contributed by atoms with Crippen LogP contribution in [-0.2, 0) is 6.54 Å². The number of rotatable bonds is 2. The van der Waals surface area contributed by atoms with E-state index in [1.54, 1.807) is 6.08 Å². The fourth-order valence-corrected chi connectivity index (χ4v) is 4.45. The molecule has 1 saturated carbocycles. The standard InChI is InChI=1S/C22H20BrNO3/c23-15-7-5-14(6-8-15)11-20-21(25)17-9-10-19-18(22(17)27-20)12-24(13-26-19)16-3-1-2-4-16/h5-11,16H,1-4,12-13H2/b20-11-. The van der Waals surface area contributed by atoms with Crippen LogP contribution in [0, 0.1) is 0 Å². The van der Waals surface area contributed by atoms with Crippen LogP contribution in [0.25, 0.3) is 6.08 Å². The Balaban J connectivity index is 1.46. The van der Waals surface area contributed by atoms with Gasteiger partial charge in [0.1, 0.15) is 18.2 Å². The maximum atomic E-state index is 12.8. The maximum Gasteiger partial charge on any atom is 0.231 e. The molecule has 0 spiro atoms. The minimum atomic E-state index is -0.0614. The molecule has 0 amide bonds. The summed E-state index contributed by atoms with van der Waals surface area (Å²) in [6.45, 7) is 1.40. The van der Waals surface area contributed by atoms with E-state index in [1.807, 2.05) is 36.4 Å². The van der Waals surface area contributed by atoms with Gasteiger partial charge in [0.25, 0.3) is 0 Å². The van der Waals surface area contributed by atoms with E-state index in [2.05, 4.69) is 20.8 Å². The Labute approximate surface area is 166 Å². The van der Waals surface area contributed by atoms with Gasteiger partial charge in [-0.15, -0.1) is 0 Å². The average Bonchev–Trinajstić information content (AvgIpc) is 3.33. The molecule has 0 unspecified atom stereocenters. The van der Waals surface area contributed by atoms with Crippen LogP contribution < -0.4 is 9.47 Å². The van der Waals surface area contributed by atoms with Gasteiger partial charge in [-0.1, -0.05) is 40.9 Å². The Morgan fingerprint density at radius 2 is 1.85 bits per heavy atom. The van der Waals surface area contributed by atoms with Gasteiger partial charge in [-0.05, 0) is 48.7 Å². The van der Waals surface area contributed by atoms with Crippen LogP contribution in [0.1, 0.15) is 47.2 Å². The second kappa shape index (κ2) is 6.80. The van der Waals surface area contributed by atoms with E-state index in [1.165, 1.54) is 25.7 Å². The smallest absolute Gasteiger partial charge is 0.231 e. The molecule has 4 nitrogen and oxygen atoms in total. The predicted molar refractivity (Wildman–Crippen MR) is 107 cm³/mol. The molecule has 0 atom stereocenters. The quantitative estimate of drug-likeness (QED) is 0.622. The van der Waals surface area contributed by atoms with Crippen molar-refractivity contribution in [2.45, 2.75) is 38.3 Å². The lowest BCUT2D eigenvalue weighted by Crippen LogP contribution is -2.39. The number of nitrogens with zero attached hydrogens (tertiary/aromatic N) is 1. The lowest BCUT2D eigenvalue weighted by molar-refractivity contribution is 0.0567. The molecule has 0 N–H and O–H groups in total. The molecular formula is C22H20BrNO3. The Kier molecular flexibility index (Phi) is 4.29. The van der Waals surface area contributed by atoms with Crippen molar-refractivity contribution < 1.29 is 14.3 Å². The summed E-state index contributed by atoms with van der Waals surface area (Å²) in [5.74, 6) is 1.82. The van der Waals surface area contributed by atoms with E-state index in [0.717, 1.165) is 27.9 Å². The highest BCUT2D eigenvalue weighted by atomic mass is 79.9. The number of hydrogen-bond donors (Lipinski definition) is 0. The van der Waals surface area contributed by atoms with E-state index in [4.69, 9.17) is 9.47 Å². The number of hydrogen-bond acceptors (Lipinski definition) is 4. The molecule has 2 heterocycles. The molecule has 138 valence electrons. The minimum absolute atomic E-state index is 0.0614. The van der Waals surface area contributed by atoms with Gasteiger partial charge in [-0.25, -0.2) is 0 Å². The summed E-state index contributed by atoms with van der Waals surface area (Å²) >= 11 is 3.43. The zero-order valence-electron chi connectivity index (χ0n) is 14.9. The summed E-state index contributed by atoms with van der Waals surface area (Å²) in [7, 11) is 0. The van der Waals surface area contributed by atoms with Crippen LogP contribution in [0.3, 0.4) is 0 Å². The monoisotopic (exact) mass is 425 g/mol. The van der Waals surface area contributed by atoms with Crippen molar-refractivity contribution in [1.29, 1.82) is 0 Å². The number of carbonyl (C=O) groups excluding carboxylic acids is 1. The predicted octanol–water partition coefficient (Wildman–Crippen LogP) is 5.16. The van der Waals surface area contributed by atoms with Crippen molar-refractivity contribution in [2.24, 2.45) is 0 Å². The third-order valence-corrected chi connectivity index (χ3v) is 6.18. The van der Waals surface area contributed by atoms with Gasteiger partial charge in [-0.3, -0.25) is 9.69 Å².